The Bertz CT molecular complexity index is 815. The molecule has 0 aliphatic rings. The van der Waals surface area contributed by atoms with Gasteiger partial charge in [-0.15, -0.1) is 5.10 Å². The zero-order valence-electron chi connectivity index (χ0n) is 11.1. The van der Waals surface area contributed by atoms with Crippen molar-refractivity contribution in [1.82, 2.24) is 20.2 Å². The molecule has 2 N–H and O–H groups in total. The molecule has 0 saturated heterocycles. The van der Waals surface area contributed by atoms with Crippen molar-refractivity contribution >= 4 is 21.6 Å². The van der Waals surface area contributed by atoms with E-state index in [1.165, 1.54) is 12.1 Å². The normalized spacial score (nSPS) is 10.8. The van der Waals surface area contributed by atoms with Crippen molar-refractivity contribution < 1.29 is 4.39 Å². The molecule has 2 aromatic carbocycles. The van der Waals surface area contributed by atoms with E-state index in [1.807, 2.05) is 25.1 Å². The summed E-state index contributed by atoms with van der Waals surface area (Å²) >= 11 is 3.52. The number of rotatable bonds is 2. The molecule has 7 heteroatoms. The minimum absolute atomic E-state index is 0.0921. The van der Waals surface area contributed by atoms with Crippen LogP contribution < -0.4 is 5.73 Å². The van der Waals surface area contributed by atoms with Crippen molar-refractivity contribution in [2.24, 2.45) is 0 Å². The molecule has 0 fully saturated rings. The SMILES string of the molecule is Cc1cccc(-n2nnnc2-c2ccc(N)c(F)c2)c1Br. The molecule has 106 valence electrons. The van der Waals surface area contributed by atoms with Crippen LogP contribution in [0.25, 0.3) is 17.1 Å². The van der Waals surface area contributed by atoms with Gasteiger partial charge >= 0.3 is 0 Å². The minimum Gasteiger partial charge on any atom is -0.396 e. The highest BCUT2D eigenvalue weighted by atomic mass is 79.9. The second-order valence-corrected chi connectivity index (χ2v) is 5.35. The van der Waals surface area contributed by atoms with Crippen LogP contribution in [-0.4, -0.2) is 20.2 Å². The summed E-state index contributed by atoms with van der Waals surface area (Å²) in [6.45, 7) is 1.97. The summed E-state index contributed by atoms with van der Waals surface area (Å²) in [4.78, 5) is 0. The fourth-order valence-corrected chi connectivity index (χ4v) is 2.42. The average molecular weight is 348 g/mol. The van der Waals surface area contributed by atoms with Gasteiger partial charge in [0.2, 0.25) is 0 Å². The molecule has 0 aliphatic carbocycles. The molecular formula is C14H11BrFN5. The highest BCUT2D eigenvalue weighted by Crippen LogP contribution is 2.28. The van der Waals surface area contributed by atoms with E-state index in [0.29, 0.717) is 11.4 Å². The standard InChI is InChI=1S/C14H11BrFN5/c1-8-3-2-4-12(13(8)15)21-14(18-19-20-21)9-5-6-11(17)10(16)7-9/h2-7H,17H2,1H3. The van der Waals surface area contributed by atoms with Gasteiger partial charge in [0.15, 0.2) is 5.82 Å². The molecular weight excluding hydrogens is 337 g/mol. The van der Waals surface area contributed by atoms with Crippen LogP contribution >= 0.6 is 15.9 Å². The number of benzene rings is 2. The maximum atomic E-state index is 13.6. The smallest absolute Gasteiger partial charge is 0.187 e. The van der Waals surface area contributed by atoms with Crippen molar-refractivity contribution in [2.45, 2.75) is 6.92 Å². The molecule has 21 heavy (non-hydrogen) atoms. The number of tetrazole rings is 1. The third-order valence-electron chi connectivity index (χ3n) is 3.13. The highest BCUT2D eigenvalue weighted by molar-refractivity contribution is 9.10. The third-order valence-corrected chi connectivity index (χ3v) is 4.16. The van der Waals surface area contributed by atoms with Gasteiger partial charge in [0.05, 0.1) is 11.4 Å². The van der Waals surface area contributed by atoms with E-state index < -0.39 is 5.82 Å². The number of nitrogen functional groups attached to an aromatic ring is 1. The summed E-state index contributed by atoms with van der Waals surface area (Å²) in [5.74, 6) is -0.0504. The predicted molar refractivity (Wildman–Crippen MR) is 81.4 cm³/mol. The second-order valence-electron chi connectivity index (χ2n) is 4.56. The molecule has 0 aliphatic heterocycles. The van der Waals surface area contributed by atoms with Crippen molar-refractivity contribution in [3.8, 4) is 17.1 Å². The number of halogens is 2. The Labute approximate surface area is 128 Å². The van der Waals surface area contributed by atoms with E-state index in [1.54, 1.807) is 10.7 Å². The van der Waals surface area contributed by atoms with Crippen LogP contribution in [0, 0.1) is 12.7 Å². The van der Waals surface area contributed by atoms with Gasteiger partial charge in [0.25, 0.3) is 0 Å². The van der Waals surface area contributed by atoms with E-state index in [9.17, 15) is 4.39 Å². The van der Waals surface area contributed by atoms with Crippen molar-refractivity contribution in [3.05, 3.63) is 52.3 Å². The molecule has 3 aromatic rings. The second kappa shape index (κ2) is 5.25. The first-order chi connectivity index (χ1) is 10.1. The van der Waals surface area contributed by atoms with Gasteiger partial charge in [-0.2, -0.15) is 4.68 Å². The summed E-state index contributed by atoms with van der Waals surface area (Å²) in [5.41, 5.74) is 7.98. The largest absolute Gasteiger partial charge is 0.396 e. The van der Waals surface area contributed by atoms with Gasteiger partial charge in [0.1, 0.15) is 5.82 Å². The zero-order valence-corrected chi connectivity index (χ0v) is 12.7. The molecule has 0 bridgehead atoms. The summed E-state index contributed by atoms with van der Waals surface area (Å²) < 4.78 is 16.1. The monoisotopic (exact) mass is 347 g/mol. The van der Waals surface area contributed by atoms with Crippen LogP contribution in [0.5, 0.6) is 0 Å². The van der Waals surface area contributed by atoms with Crippen LogP contribution in [0.15, 0.2) is 40.9 Å². The number of nitrogens with two attached hydrogens (primary N) is 1. The van der Waals surface area contributed by atoms with Gasteiger partial charge in [-0.3, -0.25) is 0 Å². The lowest BCUT2D eigenvalue weighted by molar-refractivity contribution is 0.632. The quantitative estimate of drug-likeness (QED) is 0.723. The first-order valence-corrected chi connectivity index (χ1v) is 6.96. The first kappa shape index (κ1) is 13.7. The molecule has 5 nitrogen and oxygen atoms in total. The zero-order chi connectivity index (χ0) is 15.0. The molecule has 0 spiro atoms. The lowest BCUT2D eigenvalue weighted by Gasteiger charge is -2.09. The van der Waals surface area contributed by atoms with Gasteiger partial charge < -0.3 is 5.73 Å². The fraction of sp³-hybridized carbons (Fsp3) is 0.0714. The molecule has 1 heterocycles. The highest BCUT2D eigenvalue weighted by Gasteiger charge is 2.15. The summed E-state index contributed by atoms with van der Waals surface area (Å²) in [7, 11) is 0. The Hall–Kier alpha value is -2.28. The number of nitrogens with zero attached hydrogens (tertiary/aromatic N) is 4. The molecule has 0 atom stereocenters. The van der Waals surface area contributed by atoms with E-state index in [0.717, 1.165) is 15.7 Å². The van der Waals surface area contributed by atoms with Crippen molar-refractivity contribution in [1.29, 1.82) is 0 Å². The fourth-order valence-electron chi connectivity index (χ4n) is 1.99. The summed E-state index contributed by atoms with van der Waals surface area (Å²) in [6, 6.07) is 10.3. The van der Waals surface area contributed by atoms with E-state index in [4.69, 9.17) is 5.73 Å². The topological polar surface area (TPSA) is 69.6 Å². The molecule has 1 aromatic heterocycles. The Morgan fingerprint density at radius 2 is 2.05 bits per heavy atom. The molecule has 0 radical (unpaired) electrons. The van der Waals surface area contributed by atoms with Crippen LogP contribution in [0.2, 0.25) is 0 Å². The van der Waals surface area contributed by atoms with Crippen LogP contribution in [0.1, 0.15) is 5.56 Å². The number of aromatic nitrogens is 4. The molecule has 0 saturated carbocycles. The van der Waals surface area contributed by atoms with E-state index in [2.05, 4.69) is 31.5 Å². The summed E-state index contributed by atoms with van der Waals surface area (Å²) in [5, 5.41) is 11.7. The van der Waals surface area contributed by atoms with Gasteiger partial charge in [0, 0.05) is 10.0 Å². The Morgan fingerprint density at radius 3 is 2.81 bits per heavy atom. The number of hydrogen-bond acceptors (Lipinski definition) is 4. The lowest BCUT2D eigenvalue weighted by Crippen LogP contribution is -2.02. The summed E-state index contributed by atoms with van der Waals surface area (Å²) in [6.07, 6.45) is 0. The van der Waals surface area contributed by atoms with E-state index >= 15 is 0 Å². The predicted octanol–water partition coefficient (Wildman–Crippen LogP) is 3.12. The lowest BCUT2D eigenvalue weighted by atomic mass is 10.1. The molecule has 3 rings (SSSR count). The van der Waals surface area contributed by atoms with Gasteiger partial charge in [-0.1, -0.05) is 12.1 Å². The van der Waals surface area contributed by atoms with Crippen LogP contribution in [-0.2, 0) is 0 Å². The van der Waals surface area contributed by atoms with Crippen molar-refractivity contribution in [2.75, 3.05) is 5.73 Å². The average Bonchev–Trinajstić information content (AvgIpc) is 2.94. The first-order valence-electron chi connectivity index (χ1n) is 6.17. The maximum absolute atomic E-state index is 13.6. The number of hydrogen-bond donors (Lipinski definition) is 1. The molecule has 0 unspecified atom stereocenters. The van der Waals surface area contributed by atoms with Gasteiger partial charge in [-0.05, 0) is 63.1 Å². The van der Waals surface area contributed by atoms with Crippen molar-refractivity contribution in [3.63, 3.8) is 0 Å². The Morgan fingerprint density at radius 1 is 1.24 bits per heavy atom. The number of aryl methyl sites for hydroxylation is 1. The van der Waals surface area contributed by atoms with Gasteiger partial charge in [-0.25, -0.2) is 4.39 Å². The Balaban J connectivity index is 2.17. The molecule has 0 amide bonds. The van der Waals surface area contributed by atoms with Crippen LogP contribution in [0.3, 0.4) is 0 Å². The number of anilines is 1. The maximum Gasteiger partial charge on any atom is 0.187 e. The third kappa shape index (κ3) is 2.40. The Kier molecular flexibility index (Phi) is 3.42. The minimum atomic E-state index is -0.495. The van der Waals surface area contributed by atoms with Crippen LogP contribution in [0.4, 0.5) is 10.1 Å². The van der Waals surface area contributed by atoms with E-state index in [-0.39, 0.29) is 5.69 Å².